The largest absolute Gasteiger partial charge is 0.338 e. The van der Waals surface area contributed by atoms with Gasteiger partial charge in [-0.05, 0) is 38.8 Å². The molecule has 3 aromatic rings. The molecule has 2 heterocycles. The number of halogens is 1. The molecule has 26 heavy (non-hydrogen) atoms. The average Bonchev–Trinajstić information content (AvgIpc) is 3.35. The summed E-state index contributed by atoms with van der Waals surface area (Å²) in [5.41, 5.74) is 3.23. The third-order valence-corrected chi connectivity index (χ3v) is 6.09. The van der Waals surface area contributed by atoms with Crippen LogP contribution in [0.3, 0.4) is 0 Å². The normalized spacial score (nSPS) is 15.0. The molecule has 1 aromatic carbocycles. The first-order chi connectivity index (χ1) is 12.6. The first-order valence-electron chi connectivity index (χ1n) is 8.88. The number of aryl methyl sites for hydroxylation is 1. The molecule has 0 saturated heterocycles. The lowest BCUT2D eigenvalue weighted by Gasteiger charge is -2.16. The number of nitrogens with zero attached hydrogens (tertiary/aromatic N) is 4. The van der Waals surface area contributed by atoms with E-state index in [0.29, 0.717) is 28.5 Å². The van der Waals surface area contributed by atoms with Crippen LogP contribution in [0.2, 0.25) is 5.02 Å². The van der Waals surface area contributed by atoms with E-state index in [1.807, 2.05) is 24.3 Å². The molecule has 0 bridgehead atoms. The van der Waals surface area contributed by atoms with Gasteiger partial charge in [-0.1, -0.05) is 53.5 Å². The Morgan fingerprint density at radius 2 is 2.04 bits per heavy atom. The summed E-state index contributed by atoms with van der Waals surface area (Å²) >= 11 is 7.70. The third kappa shape index (κ3) is 3.53. The van der Waals surface area contributed by atoms with Gasteiger partial charge >= 0.3 is 0 Å². The molecule has 0 spiro atoms. The fourth-order valence-electron chi connectivity index (χ4n) is 3.47. The second-order valence-electron chi connectivity index (χ2n) is 6.68. The van der Waals surface area contributed by atoms with Crippen molar-refractivity contribution in [1.29, 1.82) is 0 Å². The van der Waals surface area contributed by atoms with Crippen molar-refractivity contribution in [3.8, 4) is 11.4 Å². The zero-order valence-corrected chi connectivity index (χ0v) is 16.5. The van der Waals surface area contributed by atoms with Gasteiger partial charge in [-0.3, -0.25) is 0 Å². The van der Waals surface area contributed by atoms with Crippen molar-refractivity contribution >= 4 is 23.4 Å². The van der Waals surface area contributed by atoms with Crippen molar-refractivity contribution in [2.24, 2.45) is 0 Å². The minimum Gasteiger partial charge on any atom is -0.338 e. The third-order valence-electron chi connectivity index (χ3n) is 4.92. The highest BCUT2D eigenvalue weighted by Gasteiger charge is 2.23. The van der Waals surface area contributed by atoms with E-state index in [0.717, 1.165) is 16.4 Å². The molecule has 1 aliphatic carbocycles. The monoisotopic (exact) mass is 388 g/mol. The van der Waals surface area contributed by atoms with Crippen molar-refractivity contribution in [3.05, 3.63) is 46.6 Å². The van der Waals surface area contributed by atoms with Crippen LogP contribution in [0.5, 0.6) is 0 Å². The Labute approximate surface area is 162 Å². The molecule has 1 saturated carbocycles. The lowest BCUT2D eigenvalue weighted by molar-refractivity contribution is 0.391. The van der Waals surface area contributed by atoms with Crippen molar-refractivity contribution in [3.63, 3.8) is 0 Å². The zero-order chi connectivity index (χ0) is 18.1. The van der Waals surface area contributed by atoms with Gasteiger partial charge in [-0.2, -0.15) is 4.98 Å². The van der Waals surface area contributed by atoms with Crippen LogP contribution in [0.15, 0.2) is 33.9 Å². The standard InChI is InChI=1S/C19H21ClN4OS/c1-12-13(2)24(16-8-3-4-9-16)19(21-12)26-11-17-22-18(23-25-17)14-6-5-7-15(20)10-14/h5-7,10,16H,3-4,8-9,11H2,1-2H3. The molecule has 1 aliphatic rings. The number of rotatable bonds is 5. The molecule has 0 amide bonds. The summed E-state index contributed by atoms with van der Waals surface area (Å²) in [6, 6.07) is 8.04. The second kappa shape index (κ2) is 7.45. The quantitative estimate of drug-likeness (QED) is 0.531. The van der Waals surface area contributed by atoms with Gasteiger partial charge in [0, 0.05) is 22.3 Å². The molecule has 0 aliphatic heterocycles. The van der Waals surface area contributed by atoms with Gasteiger partial charge in [0.05, 0.1) is 11.4 Å². The second-order valence-corrected chi connectivity index (χ2v) is 8.06. The molecule has 1 fully saturated rings. The average molecular weight is 389 g/mol. The molecule has 136 valence electrons. The van der Waals surface area contributed by atoms with E-state index in [-0.39, 0.29) is 0 Å². The number of hydrogen-bond acceptors (Lipinski definition) is 5. The van der Waals surface area contributed by atoms with Crippen molar-refractivity contribution in [1.82, 2.24) is 19.7 Å². The molecule has 0 atom stereocenters. The maximum absolute atomic E-state index is 6.04. The van der Waals surface area contributed by atoms with Gasteiger partial charge in [-0.25, -0.2) is 4.98 Å². The van der Waals surface area contributed by atoms with Gasteiger partial charge in [0.15, 0.2) is 5.16 Å². The molecular formula is C19H21ClN4OS. The summed E-state index contributed by atoms with van der Waals surface area (Å²) in [7, 11) is 0. The SMILES string of the molecule is Cc1nc(SCc2nc(-c3cccc(Cl)c3)no2)n(C2CCCC2)c1C. The minimum absolute atomic E-state index is 0.564. The molecule has 2 aromatic heterocycles. The summed E-state index contributed by atoms with van der Waals surface area (Å²) in [6.07, 6.45) is 5.09. The first-order valence-corrected chi connectivity index (χ1v) is 10.2. The number of hydrogen-bond donors (Lipinski definition) is 0. The number of thioether (sulfide) groups is 1. The molecule has 4 rings (SSSR count). The highest BCUT2D eigenvalue weighted by molar-refractivity contribution is 7.98. The van der Waals surface area contributed by atoms with Crippen LogP contribution in [0.25, 0.3) is 11.4 Å². The van der Waals surface area contributed by atoms with Gasteiger partial charge in [-0.15, -0.1) is 0 Å². The van der Waals surface area contributed by atoms with E-state index in [9.17, 15) is 0 Å². The number of benzene rings is 1. The van der Waals surface area contributed by atoms with Crippen LogP contribution >= 0.6 is 23.4 Å². The van der Waals surface area contributed by atoms with E-state index >= 15 is 0 Å². The Morgan fingerprint density at radius 3 is 2.81 bits per heavy atom. The van der Waals surface area contributed by atoms with Crippen LogP contribution < -0.4 is 0 Å². The lowest BCUT2D eigenvalue weighted by Crippen LogP contribution is -2.08. The van der Waals surface area contributed by atoms with Crippen molar-refractivity contribution in [2.75, 3.05) is 0 Å². The lowest BCUT2D eigenvalue weighted by atomic mass is 10.2. The summed E-state index contributed by atoms with van der Waals surface area (Å²) in [5.74, 6) is 1.77. The minimum atomic E-state index is 0.564. The van der Waals surface area contributed by atoms with Gasteiger partial charge in [0.25, 0.3) is 0 Å². The molecule has 7 heteroatoms. The van der Waals surface area contributed by atoms with Crippen LogP contribution in [0, 0.1) is 13.8 Å². The fraction of sp³-hybridized carbons (Fsp3) is 0.421. The summed E-state index contributed by atoms with van der Waals surface area (Å²) < 4.78 is 7.83. The Kier molecular flexibility index (Phi) is 5.05. The van der Waals surface area contributed by atoms with Crippen LogP contribution in [0.4, 0.5) is 0 Å². The van der Waals surface area contributed by atoms with E-state index in [4.69, 9.17) is 21.1 Å². The molecular weight excluding hydrogens is 368 g/mol. The van der Waals surface area contributed by atoms with Gasteiger partial charge in [0.2, 0.25) is 11.7 Å². The maximum atomic E-state index is 6.04. The Balaban J connectivity index is 1.51. The van der Waals surface area contributed by atoms with E-state index in [1.54, 1.807) is 11.8 Å². The van der Waals surface area contributed by atoms with Gasteiger partial charge in [0.1, 0.15) is 0 Å². The summed E-state index contributed by atoms with van der Waals surface area (Å²) in [4.78, 5) is 9.26. The highest BCUT2D eigenvalue weighted by atomic mass is 35.5. The Hall–Kier alpha value is -1.79. The summed E-state index contributed by atoms with van der Waals surface area (Å²) in [6.45, 7) is 4.24. The molecule has 5 nitrogen and oxygen atoms in total. The maximum Gasteiger partial charge on any atom is 0.237 e. The van der Waals surface area contributed by atoms with Crippen LogP contribution in [-0.2, 0) is 5.75 Å². The van der Waals surface area contributed by atoms with E-state index in [1.165, 1.54) is 31.4 Å². The Bertz CT molecular complexity index is 914. The molecule has 0 radical (unpaired) electrons. The molecule has 0 N–H and O–H groups in total. The van der Waals surface area contributed by atoms with Crippen molar-refractivity contribution in [2.45, 2.75) is 56.5 Å². The van der Waals surface area contributed by atoms with Crippen LogP contribution in [-0.4, -0.2) is 19.7 Å². The topological polar surface area (TPSA) is 56.7 Å². The highest BCUT2D eigenvalue weighted by Crippen LogP contribution is 2.36. The van der Waals surface area contributed by atoms with Gasteiger partial charge < -0.3 is 9.09 Å². The first kappa shape index (κ1) is 17.6. The summed E-state index contributed by atoms with van der Waals surface area (Å²) in [5, 5.41) is 5.79. The number of imidazole rings is 1. The predicted octanol–water partition coefficient (Wildman–Crippen LogP) is 5.61. The van der Waals surface area contributed by atoms with Crippen molar-refractivity contribution < 1.29 is 4.52 Å². The smallest absolute Gasteiger partial charge is 0.237 e. The Morgan fingerprint density at radius 1 is 1.23 bits per heavy atom. The zero-order valence-electron chi connectivity index (χ0n) is 14.9. The number of aromatic nitrogens is 4. The van der Waals surface area contributed by atoms with E-state index < -0.39 is 0 Å². The fourth-order valence-corrected chi connectivity index (χ4v) is 4.66. The van der Waals surface area contributed by atoms with E-state index in [2.05, 4.69) is 28.6 Å². The molecule has 0 unspecified atom stereocenters. The van der Waals surface area contributed by atoms with Crippen LogP contribution in [0.1, 0.15) is 49.0 Å². The predicted molar refractivity (Wildman–Crippen MR) is 104 cm³/mol.